The van der Waals surface area contributed by atoms with E-state index >= 15 is 0 Å². The number of amides is 1. The van der Waals surface area contributed by atoms with Gasteiger partial charge in [0.2, 0.25) is 0 Å². The third-order valence-electron chi connectivity index (χ3n) is 4.60. The van der Waals surface area contributed by atoms with Crippen molar-refractivity contribution in [3.63, 3.8) is 0 Å². The zero-order valence-corrected chi connectivity index (χ0v) is 17.1. The van der Waals surface area contributed by atoms with Crippen LogP contribution in [0.15, 0.2) is 34.5 Å². The van der Waals surface area contributed by atoms with Gasteiger partial charge in [0.05, 0.1) is 32.8 Å². The van der Waals surface area contributed by atoms with Crippen molar-refractivity contribution in [3.05, 3.63) is 41.6 Å². The minimum Gasteiger partial charge on any atom is -0.356 e. The van der Waals surface area contributed by atoms with Crippen molar-refractivity contribution in [2.75, 3.05) is 29.1 Å². The molecule has 0 spiro atoms. The first-order chi connectivity index (χ1) is 13.7. The Hall–Kier alpha value is -2.63. The van der Waals surface area contributed by atoms with Gasteiger partial charge in [0, 0.05) is 18.5 Å². The van der Waals surface area contributed by atoms with Gasteiger partial charge < -0.3 is 4.90 Å². The lowest BCUT2D eigenvalue weighted by Gasteiger charge is -2.20. The number of hydrogen-bond acceptors (Lipinski definition) is 7. The SMILES string of the molecule is Cc1nc(NC(=O)c2cc3ccccc3nc2N2CCCC2)sc1SCC#N. The van der Waals surface area contributed by atoms with Gasteiger partial charge >= 0.3 is 0 Å². The number of carbonyl (C=O) groups is 1. The summed E-state index contributed by atoms with van der Waals surface area (Å²) in [6.45, 7) is 3.72. The molecule has 0 aliphatic carbocycles. The summed E-state index contributed by atoms with van der Waals surface area (Å²) in [4.78, 5) is 24.5. The maximum atomic E-state index is 13.1. The van der Waals surface area contributed by atoms with Crippen molar-refractivity contribution in [2.45, 2.75) is 24.0 Å². The molecule has 0 saturated carbocycles. The van der Waals surface area contributed by atoms with Gasteiger partial charge in [0.1, 0.15) is 5.82 Å². The minimum atomic E-state index is -0.203. The number of pyridine rings is 1. The Bertz CT molecular complexity index is 1070. The van der Waals surface area contributed by atoms with Crippen LogP contribution in [0.4, 0.5) is 10.9 Å². The minimum absolute atomic E-state index is 0.203. The molecule has 1 fully saturated rings. The lowest BCUT2D eigenvalue weighted by Crippen LogP contribution is -2.24. The summed E-state index contributed by atoms with van der Waals surface area (Å²) in [6, 6.07) is 11.9. The van der Waals surface area contributed by atoms with Crippen LogP contribution in [0.5, 0.6) is 0 Å². The molecule has 1 aromatic carbocycles. The lowest BCUT2D eigenvalue weighted by atomic mass is 10.1. The molecular formula is C20H19N5OS2. The number of nitrogens with zero attached hydrogens (tertiary/aromatic N) is 4. The van der Waals surface area contributed by atoms with Crippen LogP contribution in [0.1, 0.15) is 28.9 Å². The van der Waals surface area contributed by atoms with Gasteiger partial charge in [-0.25, -0.2) is 9.97 Å². The molecule has 0 atom stereocenters. The number of thiazole rings is 1. The number of para-hydroxylation sites is 1. The summed E-state index contributed by atoms with van der Waals surface area (Å²) in [6.07, 6.45) is 2.22. The summed E-state index contributed by atoms with van der Waals surface area (Å²) in [7, 11) is 0. The summed E-state index contributed by atoms with van der Waals surface area (Å²) < 4.78 is 0.952. The molecule has 142 valence electrons. The fourth-order valence-electron chi connectivity index (χ4n) is 3.27. The van der Waals surface area contributed by atoms with Crippen LogP contribution in [0.2, 0.25) is 0 Å². The van der Waals surface area contributed by atoms with Gasteiger partial charge in [-0.15, -0.1) is 0 Å². The summed E-state index contributed by atoms with van der Waals surface area (Å²) in [5.74, 6) is 0.899. The third-order valence-corrected chi connectivity index (χ3v) is 6.90. The third kappa shape index (κ3) is 3.81. The first-order valence-electron chi connectivity index (χ1n) is 9.09. The number of thioether (sulfide) groups is 1. The number of nitrogens with one attached hydrogen (secondary N) is 1. The number of rotatable bonds is 5. The van der Waals surface area contributed by atoms with E-state index in [1.54, 1.807) is 0 Å². The molecule has 0 bridgehead atoms. The number of carbonyl (C=O) groups excluding carboxylic acids is 1. The second-order valence-electron chi connectivity index (χ2n) is 6.54. The Morgan fingerprint density at radius 3 is 2.89 bits per heavy atom. The van der Waals surface area contributed by atoms with Gasteiger partial charge in [-0.3, -0.25) is 10.1 Å². The number of nitriles is 1. The molecule has 2 aromatic heterocycles. The molecule has 3 aromatic rings. The largest absolute Gasteiger partial charge is 0.356 e. The topological polar surface area (TPSA) is 81.9 Å². The van der Waals surface area contributed by atoms with Gasteiger partial charge in [-0.2, -0.15) is 5.26 Å². The van der Waals surface area contributed by atoms with E-state index in [1.165, 1.54) is 23.1 Å². The van der Waals surface area contributed by atoms with Crippen molar-refractivity contribution < 1.29 is 4.79 Å². The second-order valence-corrected chi connectivity index (χ2v) is 8.78. The van der Waals surface area contributed by atoms with Crippen molar-refractivity contribution in [2.24, 2.45) is 0 Å². The van der Waals surface area contributed by atoms with Crippen molar-refractivity contribution >= 4 is 50.9 Å². The Balaban J connectivity index is 1.66. The summed E-state index contributed by atoms with van der Waals surface area (Å²) in [5.41, 5.74) is 2.29. The Morgan fingerprint density at radius 1 is 1.32 bits per heavy atom. The second kappa shape index (κ2) is 8.17. The number of hydrogen-bond donors (Lipinski definition) is 1. The van der Waals surface area contributed by atoms with Crippen LogP contribution >= 0.6 is 23.1 Å². The Kier molecular flexibility index (Phi) is 5.46. The predicted octanol–water partition coefficient (Wildman–Crippen LogP) is 4.47. The monoisotopic (exact) mass is 409 g/mol. The molecule has 1 aliphatic heterocycles. The Labute approximate surface area is 171 Å². The first kappa shape index (κ1) is 18.7. The molecule has 6 nitrogen and oxygen atoms in total. The number of aromatic nitrogens is 2. The van der Waals surface area contributed by atoms with Gasteiger partial charge in [-0.05, 0) is 31.9 Å². The summed E-state index contributed by atoms with van der Waals surface area (Å²) >= 11 is 2.84. The average Bonchev–Trinajstić information content (AvgIpc) is 3.35. The van der Waals surface area contributed by atoms with E-state index < -0.39 is 0 Å². The van der Waals surface area contributed by atoms with Crippen LogP contribution in [0, 0.1) is 18.3 Å². The maximum Gasteiger partial charge on any atom is 0.261 e. The van der Waals surface area contributed by atoms with Gasteiger partial charge in [0.25, 0.3) is 5.91 Å². The molecule has 1 aliphatic rings. The highest BCUT2D eigenvalue weighted by Gasteiger charge is 2.23. The van der Waals surface area contributed by atoms with E-state index in [4.69, 9.17) is 10.2 Å². The van der Waals surface area contributed by atoms with E-state index in [-0.39, 0.29) is 5.91 Å². The average molecular weight is 410 g/mol. The van der Waals surface area contributed by atoms with Crippen LogP contribution < -0.4 is 10.2 Å². The van der Waals surface area contributed by atoms with Crippen molar-refractivity contribution in [1.82, 2.24) is 9.97 Å². The van der Waals surface area contributed by atoms with Crippen molar-refractivity contribution in [1.29, 1.82) is 5.26 Å². The maximum absolute atomic E-state index is 13.1. The normalized spacial score (nSPS) is 13.6. The number of benzene rings is 1. The van der Waals surface area contributed by atoms with Crippen LogP contribution in [-0.4, -0.2) is 34.7 Å². The highest BCUT2D eigenvalue weighted by atomic mass is 32.2. The predicted molar refractivity (Wildman–Crippen MR) is 114 cm³/mol. The molecule has 3 heterocycles. The Morgan fingerprint density at radius 2 is 2.11 bits per heavy atom. The van der Waals surface area contributed by atoms with E-state index in [9.17, 15) is 4.79 Å². The highest BCUT2D eigenvalue weighted by molar-refractivity contribution is 8.01. The van der Waals surface area contributed by atoms with Crippen molar-refractivity contribution in [3.8, 4) is 6.07 Å². The van der Waals surface area contributed by atoms with Gasteiger partial charge in [0.15, 0.2) is 5.13 Å². The van der Waals surface area contributed by atoms with Crippen LogP contribution in [0.3, 0.4) is 0 Å². The van der Waals surface area contributed by atoms with E-state index in [0.29, 0.717) is 16.4 Å². The van der Waals surface area contributed by atoms with E-state index in [1.807, 2.05) is 37.3 Å². The molecular weight excluding hydrogens is 390 g/mol. The standard InChI is InChI=1S/C20H19N5OS2/c1-13-19(27-11-8-21)28-20(22-13)24-18(26)15-12-14-6-2-3-7-16(14)23-17(15)25-9-4-5-10-25/h2-3,6-7,12H,4-5,9-11H2,1H3,(H,22,24,26). The first-order valence-corrected chi connectivity index (χ1v) is 10.9. The zero-order valence-electron chi connectivity index (χ0n) is 15.4. The number of fused-ring (bicyclic) bond motifs is 1. The molecule has 8 heteroatoms. The van der Waals surface area contributed by atoms with E-state index in [2.05, 4.69) is 21.3 Å². The molecule has 0 radical (unpaired) electrons. The van der Waals surface area contributed by atoms with Gasteiger partial charge in [-0.1, -0.05) is 41.3 Å². The fraction of sp³-hybridized carbons (Fsp3) is 0.300. The number of aryl methyl sites for hydroxylation is 1. The lowest BCUT2D eigenvalue weighted by molar-refractivity contribution is 0.102. The fourth-order valence-corrected chi connectivity index (χ4v) is 5.07. The van der Waals surface area contributed by atoms with Crippen LogP contribution in [-0.2, 0) is 0 Å². The zero-order chi connectivity index (χ0) is 19.5. The highest BCUT2D eigenvalue weighted by Crippen LogP contribution is 2.33. The molecule has 1 N–H and O–H groups in total. The molecule has 1 saturated heterocycles. The van der Waals surface area contributed by atoms with Crippen LogP contribution in [0.25, 0.3) is 10.9 Å². The van der Waals surface area contributed by atoms with E-state index in [0.717, 1.165) is 52.6 Å². The number of anilines is 2. The molecule has 1 amide bonds. The smallest absolute Gasteiger partial charge is 0.261 e. The molecule has 0 unspecified atom stereocenters. The summed E-state index contributed by atoms with van der Waals surface area (Å²) in [5, 5.41) is 13.2. The molecule has 28 heavy (non-hydrogen) atoms. The molecule has 4 rings (SSSR count). The quantitative estimate of drug-likeness (QED) is 0.626.